The number of anilines is 1. The molecule has 1 aromatic rings. The minimum absolute atomic E-state index is 0. The number of piperazine rings is 1. The second-order valence-corrected chi connectivity index (χ2v) is 5.45. The Labute approximate surface area is 132 Å². The molecule has 1 aromatic carbocycles. The van der Waals surface area contributed by atoms with Crippen molar-refractivity contribution in [1.29, 1.82) is 0 Å². The fourth-order valence-electron chi connectivity index (χ4n) is 2.41. The summed E-state index contributed by atoms with van der Waals surface area (Å²) in [5, 5.41) is 9.86. The van der Waals surface area contributed by atoms with E-state index in [2.05, 4.69) is 4.90 Å². The number of carbonyl (C=O) groups is 1. The molecule has 6 heteroatoms. The number of phenols is 1. The van der Waals surface area contributed by atoms with E-state index >= 15 is 0 Å². The third-order valence-corrected chi connectivity index (χ3v) is 3.99. The summed E-state index contributed by atoms with van der Waals surface area (Å²) in [6, 6.07) is 7.18. The highest BCUT2D eigenvalue weighted by Crippen LogP contribution is 2.27. The normalized spacial score (nSPS) is 17.9. The van der Waals surface area contributed by atoms with Crippen LogP contribution in [0, 0.1) is 5.92 Å². The number of hydrogen-bond donors (Lipinski definition) is 2. The van der Waals surface area contributed by atoms with Crippen LogP contribution in [0.2, 0.25) is 0 Å². The van der Waals surface area contributed by atoms with Gasteiger partial charge in [-0.05, 0) is 19.1 Å². The van der Waals surface area contributed by atoms with Crippen molar-refractivity contribution in [1.82, 2.24) is 4.90 Å². The number of halogens is 1. The first kappa shape index (κ1) is 17.6. The van der Waals surface area contributed by atoms with E-state index in [1.165, 1.54) is 0 Å². The molecule has 0 aromatic heterocycles. The monoisotopic (exact) mass is 313 g/mol. The van der Waals surface area contributed by atoms with E-state index in [0.29, 0.717) is 13.1 Å². The molecular formula is C15H24ClN3O2. The number of rotatable bonds is 3. The van der Waals surface area contributed by atoms with E-state index in [1.807, 2.05) is 36.9 Å². The highest BCUT2D eigenvalue weighted by Gasteiger charge is 2.27. The summed E-state index contributed by atoms with van der Waals surface area (Å²) in [7, 11) is 0. The molecular weight excluding hydrogens is 290 g/mol. The molecule has 1 amide bonds. The summed E-state index contributed by atoms with van der Waals surface area (Å²) in [6.45, 7) is 6.54. The molecule has 0 radical (unpaired) electrons. The first-order valence-corrected chi connectivity index (χ1v) is 7.08. The second kappa shape index (κ2) is 7.52. The molecule has 2 atom stereocenters. The lowest BCUT2D eigenvalue weighted by Crippen LogP contribution is -2.52. The summed E-state index contributed by atoms with van der Waals surface area (Å²) in [5.74, 6) is 0.264. The summed E-state index contributed by atoms with van der Waals surface area (Å²) < 4.78 is 0. The van der Waals surface area contributed by atoms with Crippen LogP contribution in [0.3, 0.4) is 0 Å². The molecule has 0 saturated carbocycles. The van der Waals surface area contributed by atoms with Crippen LogP contribution in [-0.4, -0.2) is 48.1 Å². The lowest BCUT2D eigenvalue weighted by molar-refractivity contribution is -0.135. The van der Waals surface area contributed by atoms with Crippen molar-refractivity contribution in [3.05, 3.63) is 24.3 Å². The number of nitrogens with two attached hydrogens (primary N) is 1. The van der Waals surface area contributed by atoms with E-state index in [9.17, 15) is 9.90 Å². The van der Waals surface area contributed by atoms with Crippen molar-refractivity contribution < 1.29 is 9.90 Å². The minimum atomic E-state index is -0.147. The van der Waals surface area contributed by atoms with Gasteiger partial charge < -0.3 is 20.6 Å². The lowest BCUT2D eigenvalue weighted by atomic mass is 10.0. The molecule has 5 nitrogen and oxygen atoms in total. The van der Waals surface area contributed by atoms with Crippen molar-refractivity contribution in [3.63, 3.8) is 0 Å². The summed E-state index contributed by atoms with van der Waals surface area (Å²) in [6.07, 6.45) is 0. The predicted molar refractivity (Wildman–Crippen MR) is 87.0 cm³/mol. The van der Waals surface area contributed by atoms with Gasteiger partial charge in [0.1, 0.15) is 5.75 Å². The quantitative estimate of drug-likeness (QED) is 0.886. The van der Waals surface area contributed by atoms with E-state index in [4.69, 9.17) is 5.73 Å². The molecule has 1 fully saturated rings. The maximum absolute atomic E-state index is 12.2. The van der Waals surface area contributed by atoms with Crippen LogP contribution < -0.4 is 10.6 Å². The Kier molecular flexibility index (Phi) is 6.30. The van der Waals surface area contributed by atoms with Gasteiger partial charge in [0.15, 0.2) is 0 Å². The Hall–Kier alpha value is -1.46. The fraction of sp³-hybridized carbons (Fsp3) is 0.533. The zero-order valence-electron chi connectivity index (χ0n) is 12.5. The molecule has 21 heavy (non-hydrogen) atoms. The van der Waals surface area contributed by atoms with Gasteiger partial charge in [0.2, 0.25) is 5.91 Å². The Morgan fingerprint density at radius 2 is 1.76 bits per heavy atom. The molecule has 0 spiro atoms. The van der Waals surface area contributed by atoms with Crippen LogP contribution >= 0.6 is 12.4 Å². The molecule has 1 aliphatic rings. The van der Waals surface area contributed by atoms with Crippen molar-refractivity contribution in [3.8, 4) is 5.75 Å². The van der Waals surface area contributed by atoms with Gasteiger partial charge in [-0.2, -0.15) is 0 Å². The zero-order valence-corrected chi connectivity index (χ0v) is 13.3. The van der Waals surface area contributed by atoms with Crippen molar-refractivity contribution in [2.24, 2.45) is 11.7 Å². The van der Waals surface area contributed by atoms with Gasteiger partial charge in [0.25, 0.3) is 0 Å². The van der Waals surface area contributed by atoms with Crippen LogP contribution in [0.5, 0.6) is 5.75 Å². The Morgan fingerprint density at radius 1 is 1.19 bits per heavy atom. The maximum atomic E-state index is 12.2. The molecule has 0 bridgehead atoms. The Balaban J connectivity index is 0.00000220. The second-order valence-electron chi connectivity index (χ2n) is 5.45. The summed E-state index contributed by atoms with van der Waals surface area (Å²) in [4.78, 5) is 16.2. The number of amides is 1. The van der Waals surface area contributed by atoms with Crippen LogP contribution in [0.4, 0.5) is 5.69 Å². The highest BCUT2D eigenvalue weighted by molar-refractivity contribution is 5.85. The van der Waals surface area contributed by atoms with Gasteiger partial charge in [0, 0.05) is 32.2 Å². The average Bonchev–Trinajstić information content (AvgIpc) is 2.46. The maximum Gasteiger partial charge on any atom is 0.227 e. The lowest BCUT2D eigenvalue weighted by Gasteiger charge is -2.37. The Bertz CT molecular complexity index is 474. The SMILES string of the molecule is CC(N)C(C)C(=O)N1CCN(c2ccccc2O)CC1.Cl. The van der Waals surface area contributed by atoms with Gasteiger partial charge in [-0.15, -0.1) is 12.4 Å². The molecule has 1 heterocycles. The van der Waals surface area contributed by atoms with Gasteiger partial charge in [-0.3, -0.25) is 4.79 Å². The van der Waals surface area contributed by atoms with Gasteiger partial charge in [0.05, 0.1) is 11.6 Å². The van der Waals surface area contributed by atoms with E-state index in [-0.39, 0.29) is 36.0 Å². The van der Waals surface area contributed by atoms with Gasteiger partial charge >= 0.3 is 0 Å². The smallest absolute Gasteiger partial charge is 0.227 e. The number of carbonyl (C=O) groups excluding carboxylic acids is 1. The molecule has 0 aliphatic carbocycles. The molecule has 2 unspecified atom stereocenters. The standard InChI is InChI=1S/C15H23N3O2.ClH/c1-11(12(2)16)15(20)18-9-7-17(8-10-18)13-5-3-4-6-14(13)19;/h3-6,11-12,19H,7-10,16H2,1-2H3;1H. The van der Waals surface area contributed by atoms with Crippen LogP contribution in [-0.2, 0) is 4.79 Å². The molecule has 3 N–H and O–H groups in total. The number of benzene rings is 1. The van der Waals surface area contributed by atoms with Gasteiger partial charge in [-0.25, -0.2) is 0 Å². The molecule has 118 valence electrons. The average molecular weight is 314 g/mol. The topological polar surface area (TPSA) is 69.8 Å². The van der Waals surface area contributed by atoms with E-state index in [0.717, 1.165) is 18.8 Å². The van der Waals surface area contributed by atoms with Gasteiger partial charge in [-0.1, -0.05) is 19.1 Å². The molecule has 1 aliphatic heterocycles. The Morgan fingerprint density at radius 3 is 2.29 bits per heavy atom. The summed E-state index contributed by atoms with van der Waals surface area (Å²) in [5.41, 5.74) is 6.62. The minimum Gasteiger partial charge on any atom is -0.506 e. The van der Waals surface area contributed by atoms with Crippen LogP contribution in [0.15, 0.2) is 24.3 Å². The number of aromatic hydroxyl groups is 1. The number of hydrogen-bond acceptors (Lipinski definition) is 4. The van der Waals surface area contributed by atoms with Crippen LogP contribution in [0.1, 0.15) is 13.8 Å². The van der Waals surface area contributed by atoms with E-state index in [1.54, 1.807) is 6.07 Å². The first-order chi connectivity index (χ1) is 9.50. The number of nitrogens with zero attached hydrogens (tertiary/aromatic N) is 2. The number of phenolic OH excluding ortho intramolecular Hbond substituents is 1. The highest BCUT2D eigenvalue weighted by atomic mass is 35.5. The van der Waals surface area contributed by atoms with Crippen molar-refractivity contribution in [2.45, 2.75) is 19.9 Å². The first-order valence-electron chi connectivity index (χ1n) is 7.08. The van der Waals surface area contributed by atoms with Crippen LogP contribution in [0.25, 0.3) is 0 Å². The fourth-order valence-corrected chi connectivity index (χ4v) is 2.41. The van der Waals surface area contributed by atoms with Crippen molar-refractivity contribution >= 4 is 24.0 Å². The molecule has 2 rings (SSSR count). The third kappa shape index (κ3) is 4.02. The largest absolute Gasteiger partial charge is 0.506 e. The number of para-hydroxylation sites is 2. The molecule has 1 saturated heterocycles. The van der Waals surface area contributed by atoms with Crippen molar-refractivity contribution in [2.75, 3.05) is 31.1 Å². The summed E-state index contributed by atoms with van der Waals surface area (Å²) >= 11 is 0. The zero-order chi connectivity index (χ0) is 14.7. The van der Waals surface area contributed by atoms with E-state index < -0.39 is 0 Å². The third-order valence-electron chi connectivity index (χ3n) is 3.99. The predicted octanol–water partition coefficient (Wildman–Crippen LogP) is 1.45.